The van der Waals surface area contributed by atoms with Crippen LogP contribution in [0.25, 0.3) is 0 Å². The number of rotatable bonds is 6. The number of pyridine rings is 1. The molecule has 0 spiro atoms. The standard InChI is InChI=1S/C16H18ClN3S/c1-2-20(11-14-5-3-4-8-19-14)10-13-7-6-12(16(18)21)9-15(13)17/h3-9H,2,10-11H2,1H3,(H2,18,21). The van der Waals surface area contributed by atoms with Crippen molar-refractivity contribution in [2.24, 2.45) is 5.73 Å². The topological polar surface area (TPSA) is 42.2 Å². The number of hydrogen-bond acceptors (Lipinski definition) is 3. The molecule has 1 aromatic heterocycles. The van der Waals surface area contributed by atoms with Crippen molar-refractivity contribution in [3.05, 3.63) is 64.4 Å². The molecule has 0 aliphatic rings. The zero-order chi connectivity index (χ0) is 15.2. The second kappa shape index (κ2) is 7.50. The van der Waals surface area contributed by atoms with Crippen LogP contribution in [0, 0.1) is 0 Å². The molecule has 0 aliphatic heterocycles. The Kier molecular flexibility index (Phi) is 5.67. The van der Waals surface area contributed by atoms with Gasteiger partial charge < -0.3 is 5.73 Å². The second-order valence-electron chi connectivity index (χ2n) is 4.79. The van der Waals surface area contributed by atoms with Crippen LogP contribution in [-0.2, 0) is 13.1 Å². The Hall–Kier alpha value is -1.49. The highest BCUT2D eigenvalue weighted by Crippen LogP contribution is 2.20. The summed E-state index contributed by atoms with van der Waals surface area (Å²) < 4.78 is 0. The fourth-order valence-electron chi connectivity index (χ4n) is 2.07. The minimum atomic E-state index is 0.365. The SMILES string of the molecule is CCN(Cc1ccccn1)Cc1ccc(C(N)=S)cc1Cl. The van der Waals surface area contributed by atoms with Crippen molar-refractivity contribution < 1.29 is 0 Å². The van der Waals surface area contributed by atoms with Crippen molar-refractivity contribution in [3.8, 4) is 0 Å². The summed E-state index contributed by atoms with van der Waals surface area (Å²) in [5, 5.41) is 0.694. The third-order valence-electron chi connectivity index (χ3n) is 3.29. The quantitative estimate of drug-likeness (QED) is 0.829. The summed E-state index contributed by atoms with van der Waals surface area (Å²) in [7, 11) is 0. The van der Waals surface area contributed by atoms with Crippen LogP contribution in [0.15, 0.2) is 42.6 Å². The van der Waals surface area contributed by atoms with E-state index in [0.29, 0.717) is 10.0 Å². The summed E-state index contributed by atoms with van der Waals surface area (Å²) in [6.07, 6.45) is 1.81. The summed E-state index contributed by atoms with van der Waals surface area (Å²) >= 11 is 11.3. The average Bonchev–Trinajstić information content (AvgIpc) is 2.49. The molecule has 1 heterocycles. The number of nitrogens with zero attached hydrogens (tertiary/aromatic N) is 2. The Balaban J connectivity index is 2.10. The Bertz CT molecular complexity index is 616. The molecule has 2 aromatic rings. The fraction of sp³-hybridized carbons (Fsp3) is 0.250. The van der Waals surface area contributed by atoms with Crippen molar-refractivity contribution in [3.63, 3.8) is 0 Å². The maximum Gasteiger partial charge on any atom is 0.104 e. The molecule has 0 bridgehead atoms. The first-order valence-corrected chi connectivity index (χ1v) is 7.59. The number of nitrogens with two attached hydrogens (primary N) is 1. The lowest BCUT2D eigenvalue weighted by Gasteiger charge is -2.21. The van der Waals surface area contributed by atoms with E-state index in [2.05, 4.69) is 16.8 Å². The van der Waals surface area contributed by atoms with Gasteiger partial charge in [-0.05, 0) is 30.3 Å². The van der Waals surface area contributed by atoms with Gasteiger partial charge in [0.2, 0.25) is 0 Å². The molecule has 0 saturated carbocycles. The predicted octanol–water partition coefficient (Wildman–Crippen LogP) is 3.39. The van der Waals surface area contributed by atoms with Crippen LogP contribution in [0.2, 0.25) is 5.02 Å². The maximum absolute atomic E-state index is 6.32. The van der Waals surface area contributed by atoms with Gasteiger partial charge in [0.15, 0.2) is 0 Å². The van der Waals surface area contributed by atoms with Gasteiger partial charge in [-0.25, -0.2) is 0 Å². The summed E-state index contributed by atoms with van der Waals surface area (Å²) in [6, 6.07) is 11.7. The number of halogens is 1. The summed E-state index contributed by atoms with van der Waals surface area (Å²) in [6.45, 7) is 4.61. The first kappa shape index (κ1) is 15.9. The van der Waals surface area contributed by atoms with E-state index in [9.17, 15) is 0 Å². The van der Waals surface area contributed by atoms with Crippen LogP contribution in [-0.4, -0.2) is 21.4 Å². The number of thiocarbonyl (C=S) groups is 1. The molecule has 3 nitrogen and oxygen atoms in total. The Labute approximate surface area is 135 Å². The number of benzene rings is 1. The molecule has 0 aliphatic carbocycles. The first-order chi connectivity index (χ1) is 10.1. The molecular weight excluding hydrogens is 302 g/mol. The van der Waals surface area contributed by atoms with Crippen LogP contribution < -0.4 is 5.73 Å². The lowest BCUT2D eigenvalue weighted by atomic mass is 10.1. The number of aromatic nitrogens is 1. The summed E-state index contributed by atoms with van der Waals surface area (Å²) in [5.74, 6) is 0. The van der Waals surface area contributed by atoms with E-state index in [1.807, 2.05) is 42.6 Å². The molecule has 0 radical (unpaired) electrons. The molecular formula is C16H18ClN3S. The molecule has 0 amide bonds. The molecule has 21 heavy (non-hydrogen) atoms. The average molecular weight is 320 g/mol. The lowest BCUT2D eigenvalue weighted by molar-refractivity contribution is 0.268. The van der Waals surface area contributed by atoms with Gasteiger partial charge >= 0.3 is 0 Å². The van der Waals surface area contributed by atoms with Crippen molar-refractivity contribution >= 4 is 28.8 Å². The monoisotopic (exact) mass is 319 g/mol. The highest BCUT2D eigenvalue weighted by Gasteiger charge is 2.09. The van der Waals surface area contributed by atoms with Gasteiger partial charge in [-0.1, -0.05) is 48.9 Å². The summed E-state index contributed by atoms with van der Waals surface area (Å²) in [5.41, 5.74) is 8.53. The molecule has 0 saturated heterocycles. The van der Waals surface area contributed by atoms with Gasteiger partial charge in [0.25, 0.3) is 0 Å². The lowest BCUT2D eigenvalue weighted by Crippen LogP contribution is -2.23. The van der Waals surface area contributed by atoms with E-state index in [1.54, 1.807) is 0 Å². The van der Waals surface area contributed by atoms with Gasteiger partial charge in [-0.15, -0.1) is 0 Å². The van der Waals surface area contributed by atoms with E-state index in [-0.39, 0.29) is 0 Å². The Morgan fingerprint density at radius 1 is 1.29 bits per heavy atom. The van der Waals surface area contributed by atoms with Crippen molar-refractivity contribution in [1.29, 1.82) is 0 Å². The van der Waals surface area contributed by atoms with Crippen LogP contribution in [0.5, 0.6) is 0 Å². The molecule has 5 heteroatoms. The molecule has 0 unspecified atom stereocenters. The Morgan fingerprint density at radius 3 is 2.67 bits per heavy atom. The van der Waals surface area contributed by atoms with Gasteiger partial charge in [0.1, 0.15) is 4.99 Å². The van der Waals surface area contributed by atoms with E-state index in [1.165, 1.54) is 0 Å². The molecule has 2 rings (SSSR count). The van der Waals surface area contributed by atoms with Crippen LogP contribution in [0.4, 0.5) is 0 Å². The van der Waals surface area contributed by atoms with Crippen molar-refractivity contribution in [2.45, 2.75) is 20.0 Å². The second-order valence-corrected chi connectivity index (χ2v) is 5.64. The summed E-state index contributed by atoms with van der Waals surface area (Å²) in [4.78, 5) is 7.01. The largest absolute Gasteiger partial charge is 0.389 e. The van der Waals surface area contributed by atoms with E-state index < -0.39 is 0 Å². The smallest absolute Gasteiger partial charge is 0.104 e. The highest BCUT2D eigenvalue weighted by molar-refractivity contribution is 7.80. The maximum atomic E-state index is 6.32. The minimum absolute atomic E-state index is 0.365. The first-order valence-electron chi connectivity index (χ1n) is 6.80. The van der Waals surface area contributed by atoms with Crippen LogP contribution >= 0.6 is 23.8 Å². The molecule has 0 atom stereocenters. The highest BCUT2D eigenvalue weighted by atomic mass is 35.5. The molecule has 0 fully saturated rings. The third-order valence-corrected chi connectivity index (χ3v) is 3.88. The van der Waals surface area contributed by atoms with E-state index in [4.69, 9.17) is 29.6 Å². The van der Waals surface area contributed by atoms with Gasteiger partial charge in [0, 0.05) is 29.9 Å². The van der Waals surface area contributed by atoms with Gasteiger partial charge in [-0.2, -0.15) is 0 Å². The Morgan fingerprint density at radius 2 is 2.10 bits per heavy atom. The van der Waals surface area contributed by atoms with Gasteiger partial charge in [-0.3, -0.25) is 9.88 Å². The fourth-order valence-corrected chi connectivity index (χ4v) is 2.44. The normalized spacial score (nSPS) is 10.8. The predicted molar refractivity (Wildman–Crippen MR) is 91.4 cm³/mol. The zero-order valence-electron chi connectivity index (χ0n) is 11.9. The van der Waals surface area contributed by atoms with Crippen LogP contribution in [0.1, 0.15) is 23.7 Å². The van der Waals surface area contributed by atoms with E-state index >= 15 is 0 Å². The molecule has 1 aromatic carbocycles. The number of hydrogen-bond donors (Lipinski definition) is 1. The third kappa shape index (κ3) is 4.49. The zero-order valence-corrected chi connectivity index (χ0v) is 13.5. The molecule has 2 N–H and O–H groups in total. The minimum Gasteiger partial charge on any atom is -0.389 e. The molecule has 110 valence electrons. The van der Waals surface area contributed by atoms with Crippen molar-refractivity contribution in [1.82, 2.24) is 9.88 Å². The van der Waals surface area contributed by atoms with E-state index in [0.717, 1.165) is 36.5 Å². The van der Waals surface area contributed by atoms with Crippen LogP contribution in [0.3, 0.4) is 0 Å². The van der Waals surface area contributed by atoms with Crippen molar-refractivity contribution in [2.75, 3.05) is 6.54 Å². The van der Waals surface area contributed by atoms with Gasteiger partial charge in [0.05, 0.1) is 5.69 Å².